The normalized spacial score (nSPS) is 24.4. The van der Waals surface area contributed by atoms with Gasteiger partial charge in [0, 0.05) is 29.3 Å². The summed E-state index contributed by atoms with van der Waals surface area (Å²) in [5, 5.41) is 13.3. The summed E-state index contributed by atoms with van der Waals surface area (Å²) >= 11 is 7.49. The van der Waals surface area contributed by atoms with Crippen LogP contribution in [0.5, 0.6) is 0 Å². The molecule has 3 rings (SSSR count). The molecular weight excluding hydrogens is 498 g/mol. The Kier molecular flexibility index (Phi) is 9.55. The van der Waals surface area contributed by atoms with Gasteiger partial charge < -0.3 is 15.0 Å². The number of ether oxygens (including phenoxy) is 1. The second kappa shape index (κ2) is 12.0. The highest BCUT2D eigenvalue weighted by Crippen LogP contribution is 2.40. The monoisotopic (exact) mass is 534 g/mol. The third-order valence-electron chi connectivity index (χ3n) is 7.07. The minimum absolute atomic E-state index is 0.0246. The van der Waals surface area contributed by atoms with Gasteiger partial charge in [0.1, 0.15) is 5.76 Å². The number of nitrogens with zero attached hydrogens (tertiary/aromatic N) is 2. The quantitative estimate of drug-likeness (QED) is 0.221. The first kappa shape index (κ1) is 28.6. The summed E-state index contributed by atoms with van der Waals surface area (Å²) in [6.45, 7) is 12.5. The first-order chi connectivity index (χ1) is 17.0. The zero-order valence-corrected chi connectivity index (χ0v) is 23.4. The van der Waals surface area contributed by atoms with Crippen LogP contribution in [0.3, 0.4) is 0 Å². The number of carbonyl (C=O) groups excluding carboxylic acids is 2. The van der Waals surface area contributed by atoms with Crippen molar-refractivity contribution >= 4 is 35.4 Å². The number of carbonyl (C=O) groups is 2. The maximum atomic E-state index is 13.6. The maximum absolute atomic E-state index is 13.6. The molecule has 2 amide bonds. The summed E-state index contributed by atoms with van der Waals surface area (Å²) < 4.78 is 8.79. The molecule has 3 aliphatic rings. The van der Waals surface area contributed by atoms with Crippen LogP contribution in [-0.4, -0.2) is 41.5 Å². The van der Waals surface area contributed by atoms with Gasteiger partial charge in [-0.25, -0.2) is 4.90 Å². The van der Waals surface area contributed by atoms with E-state index in [-0.39, 0.29) is 30.2 Å². The van der Waals surface area contributed by atoms with Crippen LogP contribution < -0.4 is 4.72 Å². The van der Waals surface area contributed by atoms with Crippen molar-refractivity contribution in [3.05, 3.63) is 63.2 Å². The number of amides is 2. The van der Waals surface area contributed by atoms with Gasteiger partial charge in [0.15, 0.2) is 0 Å². The fraction of sp³-hybridized carbons (Fsp3) is 0.556. The van der Waals surface area contributed by atoms with Crippen LogP contribution in [-0.2, 0) is 14.3 Å². The average molecular weight is 535 g/mol. The van der Waals surface area contributed by atoms with E-state index in [1.807, 2.05) is 6.92 Å². The van der Waals surface area contributed by atoms with Gasteiger partial charge in [0.05, 0.1) is 25.3 Å². The largest absolute Gasteiger partial charge is 0.758 e. The van der Waals surface area contributed by atoms with Crippen molar-refractivity contribution in [2.75, 3.05) is 13.7 Å². The molecule has 198 valence electrons. The second-order valence-corrected chi connectivity index (χ2v) is 11.9. The van der Waals surface area contributed by atoms with Crippen LogP contribution in [0.15, 0.2) is 58.0 Å². The number of methoxy groups -OCH3 is 1. The molecule has 0 bridgehead atoms. The van der Waals surface area contributed by atoms with Gasteiger partial charge in [0.25, 0.3) is 0 Å². The van der Waals surface area contributed by atoms with Crippen molar-refractivity contribution in [1.29, 1.82) is 0 Å². The highest BCUT2D eigenvalue weighted by Gasteiger charge is 2.45. The minimum Gasteiger partial charge on any atom is -0.758 e. The van der Waals surface area contributed by atoms with Crippen molar-refractivity contribution in [3.63, 3.8) is 0 Å². The molecule has 36 heavy (non-hydrogen) atoms. The van der Waals surface area contributed by atoms with Crippen LogP contribution >= 0.6 is 23.5 Å². The first-order valence-electron chi connectivity index (χ1n) is 12.4. The van der Waals surface area contributed by atoms with E-state index in [1.165, 1.54) is 30.2 Å². The van der Waals surface area contributed by atoms with E-state index in [9.17, 15) is 14.8 Å². The number of hydrogen-bond acceptors (Lipinski definition) is 7. The summed E-state index contributed by atoms with van der Waals surface area (Å²) in [6.07, 6.45) is 10.7. The van der Waals surface area contributed by atoms with E-state index in [1.54, 1.807) is 12.2 Å². The topological polar surface area (TPSA) is 84.9 Å². The van der Waals surface area contributed by atoms with Crippen LogP contribution in [0.1, 0.15) is 59.8 Å². The number of imide groups is 1. The van der Waals surface area contributed by atoms with E-state index in [2.05, 4.69) is 38.1 Å². The van der Waals surface area contributed by atoms with Gasteiger partial charge in [-0.2, -0.15) is 0 Å². The molecule has 0 aromatic rings. The number of rotatable bonds is 9. The smallest absolute Gasteiger partial charge is 0.239 e. The lowest BCUT2D eigenvalue weighted by atomic mass is 9.74. The molecule has 1 unspecified atom stereocenters. The molecule has 0 aromatic carbocycles. The first-order valence-corrected chi connectivity index (χ1v) is 13.6. The molecule has 0 spiro atoms. The summed E-state index contributed by atoms with van der Waals surface area (Å²) in [5.41, 5.74) is 1.26. The summed E-state index contributed by atoms with van der Waals surface area (Å²) in [4.78, 5) is 29.1. The molecule has 0 saturated carbocycles. The number of hydroxylamine groups is 2. The van der Waals surface area contributed by atoms with E-state index in [4.69, 9.17) is 16.3 Å². The molecular formula is C27H37ClN3O4S-. The van der Waals surface area contributed by atoms with Gasteiger partial charge in [-0.3, -0.25) is 14.3 Å². The van der Waals surface area contributed by atoms with Crippen molar-refractivity contribution in [1.82, 2.24) is 14.7 Å². The van der Waals surface area contributed by atoms with Crippen molar-refractivity contribution in [3.8, 4) is 0 Å². The van der Waals surface area contributed by atoms with E-state index >= 15 is 0 Å². The Hall–Kier alpha value is -2.00. The Labute approximate surface area is 224 Å². The maximum Gasteiger partial charge on any atom is 0.239 e. The number of hydrogen-bond donors (Lipinski definition) is 1. The zero-order valence-electron chi connectivity index (χ0n) is 21.8. The zero-order chi connectivity index (χ0) is 26.6. The number of allylic oxidation sites excluding steroid dienone is 5. The van der Waals surface area contributed by atoms with Crippen LogP contribution in [0, 0.1) is 22.5 Å². The molecule has 1 saturated heterocycles. The molecule has 1 fully saturated rings. The molecule has 0 aromatic heterocycles. The molecule has 9 heteroatoms. The minimum atomic E-state index is -0.643. The highest BCUT2D eigenvalue weighted by atomic mass is 35.5. The van der Waals surface area contributed by atoms with Crippen molar-refractivity contribution in [2.24, 2.45) is 17.3 Å². The lowest BCUT2D eigenvalue weighted by Gasteiger charge is -2.36. The lowest BCUT2D eigenvalue weighted by molar-refractivity contribution is -0.137. The van der Waals surface area contributed by atoms with Gasteiger partial charge >= 0.3 is 0 Å². The fourth-order valence-corrected chi connectivity index (χ4v) is 5.89. The average Bonchev–Trinajstić information content (AvgIpc) is 3.11. The Bertz CT molecular complexity index is 1010. The molecule has 1 N–H and O–H groups in total. The van der Waals surface area contributed by atoms with Crippen LogP contribution in [0.2, 0.25) is 0 Å². The summed E-state index contributed by atoms with van der Waals surface area (Å²) in [7, 11) is 1.49. The Balaban J connectivity index is 1.80. The van der Waals surface area contributed by atoms with Crippen LogP contribution in [0.4, 0.5) is 0 Å². The van der Waals surface area contributed by atoms with Gasteiger partial charge in [-0.1, -0.05) is 58.0 Å². The number of nitrogens with one attached hydrogen (secondary N) is 1. The Morgan fingerprint density at radius 2 is 2.14 bits per heavy atom. The molecule has 0 radical (unpaired) electrons. The molecule has 3 atom stereocenters. The number of halogens is 1. The van der Waals surface area contributed by atoms with Gasteiger partial charge in [-0.15, -0.1) is 0 Å². The van der Waals surface area contributed by atoms with E-state index in [0.29, 0.717) is 39.5 Å². The van der Waals surface area contributed by atoms with E-state index < -0.39 is 12.0 Å². The molecule has 7 nitrogen and oxygen atoms in total. The Morgan fingerprint density at radius 3 is 2.69 bits per heavy atom. The molecule has 1 aliphatic carbocycles. The predicted octanol–water partition coefficient (Wildman–Crippen LogP) is 5.97. The predicted molar refractivity (Wildman–Crippen MR) is 146 cm³/mol. The standard InChI is InChI=1S/C27H37ClN3O4S/c1-7-20-23(15-30(34)16-24(20)35-6)31-25(32)14-21(26(31)33)22(13-8-17(2)28)29-36-19-11-9-18(10-12-19)27(3,4)5/h8,11,13,15,18,21-22,29H,2,7,9-10,12,14,16H2,1,3-6H3/q-1/b13-8-/t18-,21?,22+/m0/s1. The highest BCUT2D eigenvalue weighted by molar-refractivity contribution is 8.01. The lowest BCUT2D eigenvalue weighted by Crippen LogP contribution is -2.39. The third-order valence-corrected chi connectivity index (χ3v) is 8.22. The molecule has 2 aliphatic heterocycles. The van der Waals surface area contributed by atoms with Gasteiger partial charge in [-0.05, 0) is 59.9 Å². The van der Waals surface area contributed by atoms with Gasteiger partial charge in [0.2, 0.25) is 11.8 Å². The SMILES string of the molecule is C=C(Cl)/C=C\[C@@H](NSC1=CC[C@H](C(C)(C)C)CC1)C1CC(=O)N(C2=CN([O-])CC(OC)=C2CC)C1=O. The number of likely N-dealkylation sites (tertiary alicyclic amines) is 1. The van der Waals surface area contributed by atoms with Crippen LogP contribution in [0.25, 0.3) is 0 Å². The Morgan fingerprint density at radius 1 is 1.42 bits per heavy atom. The summed E-state index contributed by atoms with van der Waals surface area (Å²) in [5.74, 6) is -0.225. The van der Waals surface area contributed by atoms with Crippen molar-refractivity contribution in [2.45, 2.75) is 65.8 Å². The third kappa shape index (κ3) is 6.65. The van der Waals surface area contributed by atoms with Crippen molar-refractivity contribution < 1.29 is 14.3 Å². The fourth-order valence-electron chi connectivity index (χ4n) is 4.88. The van der Waals surface area contributed by atoms with E-state index in [0.717, 1.165) is 24.2 Å². The molecule has 2 heterocycles. The second-order valence-electron chi connectivity index (χ2n) is 10.5. The summed E-state index contributed by atoms with van der Waals surface area (Å²) in [6, 6.07) is -0.448.